The lowest BCUT2D eigenvalue weighted by Crippen LogP contribution is -2.47. The molecule has 1 aromatic carbocycles. The maximum atomic E-state index is 13.5. The Balaban J connectivity index is 1.48. The van der Waals surface area contributed by atoms with Gasteiger partial charge in [0.2, 0.25) is 5.91 Å². The van der Waals surface area contributed by atoms with Gasteiger partial charge in [0.25, 0.3) is 0 Å². The van der Waals surface area contributed by atoms with E-state index >= 15 is 0 Å². The lowest BCUT2D eigenvalue weighted by Gasteiger charge is -2.35. The maximum Gasteiger partial charge on any atom is 0.308 e. The van der Waals surface area contributed by atoms with Gasteiger partial charge in [-0.15, -0.1) is 0 Å². The molecule has 1 aromatic rings. The number of carboxylic acids is 1. The Morgan fingerprint density at radius 3 is 2.53 bits per heavy atom. The number of rotatable bonds is 14. The first kappa shape index (κ1) is 28.2. The molecule has 1 amide bonds. The van der Waals surface area contributed by atoms with Crippen molar-refractivity contribution >= 4 is 17.8 Å². The summed E-state index contributed by atoms with van der Waals surface area (Å²) in [5.74, 6) is -1.72. The van der Waals surface area contributed by atoms with Crippen molar-refractivity contribution in [1.82, 2.24) is 5.32 Å². The number of ether oxygens (including phenoxy) is 2. The Kier molecular flexibility index (Phi) is 11.2. The van der Waals surface area contributed by atoms with Crippen LogP contribution in [0.25, 0.3) is 0 Å². The van der Waals surface area contributed by atoms with E-state index in [9.17, 15) is 19.5 Å². The Labute approximate surface area is 215 Å². The highest BCUT2D eigenvalue weighted by molar-refractivity contribution is 5.84. The van der Waals surface area contributed by atoms with Gasteiger partial charge < -0.3 is 19.9 Å². The zero-order chi connectivity index (χ0) is 25.8. The molecule has 0 aliphatic heterocycles. The van der Waals surface area contributed by atoms with Crippen LogP contribution in [0.15, 0.2) is 30.3 Å². The molecule has 2 saturated carbocycles. The number of hydrogen-bond donors (Lipinski definition) is 2. The van der Waals surface area contributed by atoms with Crippen molar-refractivity contribution < 1.29 is 29.0 Å². The van der Waals surface area contributed by atoms with Crippen LogP contribution in [0.2, 0.25) is 0 Å². The predicted molar refractivity (Wildman–Crippen MR) is 137 cm³/mol. The molecule has 0 saturated heterocycles. The first-order valence-electron chi connectivity index (χ1n) is 13.8. The van der Waals surface area contributed by atoms with Crippen LogP contribution >= 0.6 is 0 Å². The normalized spacial score (nSPS) is 22.0. The smallest absolute Gasteiger partial charge is 0.308 e. The molecule has 0 bridgehead atoms. The van der Waals surface area contributed by atoms with Crippen molar-refractivity contribution in [3.63, 3.8) is 0 Å². The molecule has 200 valence electrons. The Morgan fingerprint density at radius 1 is 1.08 bits per heavy atom. The van der Waals surface area contributed by atoms with Gasteiger partial charge in [0, 0.05) is 12.6 Å². The molecular weight excluding hydrogens is 458 g/mol. The second-order valence-corrected chi connectivity index (χ2v) is 10.5. The van der Waals surface area contributed by atoms with E-state index < -0.39 is 17.3 Å². The van der Waals surface area contributed by atoms with Crippen molar-refractivity contribution in [2.75, 3.05) is 13.2 Å². The van der Waals surface area contributed by atoms with Crippen LogP contribution < -0.4 is 5.32 Å². The van der Waals surface area contributed by atoms with Gasteiger partial charge in [-0.2, -0.15) is 0 Å². The standard InChI is InChI=1S/C29H43NO6/c1-2-36-27(33)23-14-10-15-25(19-23)30-28(34)29(16-7-8-17-29)20-24(26(31)32)13-6-9-18-35-21-22-11-4-3-5-12-22/h3-5,11-12,23-25H,2,6-10,13-21H2,1H3,(H,30,34)(H,31,32)/t23-,24?,25+/m0/s1. The molecule has 2 fully saturated rings. The van der Waals surface area contributed by atoms with E-state index in [0.717, 1.165) is 63.4 Å². The SMILES string of the molecule is CCOC(=O)[C@H]1CCC[C@@H](NC(=O)C2(CC(CCCCOCc3ccccc3)C(=O)O)CCCC2)C1. The zero-order valence-electron chi connectivity index (χ0n) is 21.7. The van der Waals surface area contributed by atoms with E-state index in [0.29, 0.717) is 39.1 Å². The second kappa shape index (κ2) is 14.4. The maximum absolute atomic E-state index is 13.5. The monoisotopic (exact) mass is 501 g/mol. The number of hydrogen-bond acceptors (Lipinski definition) is 5. The largest absolute Gasteiger partial charge is 0.481 e. The topological polar surface area (TPSA) is 102 Å². The van der Waals surface area contributed by atoms with Crippen LogP contribution in [-0.2, 0) is 30.5 Å². The summed E-state index contributed by atoms with van der Waals surface area (Å²) >= 11 is 0. The molecule has 2 N–H and O–H groups in total. The summed E-state index contributed by atoms with van der Waals surface area (Å²) in [6, 6.07) is 9.94. The Morgan fingerprint density at radius 2 is 1.83 bits per heavy atom. The molecule has 7 heteroatoms. The highest BCUT2D eigenvalue weighted by Gasteiger charge is 2.45. The van der Waals surface area contributed by atoms with Gasteiger partial charge in [-0.3, -0.25) is 14.4 Å². The van der Waals surface area contributed by atoms with Gasteiger partial charge in [0.05, 0.1) is 30.5 Å². The summed E-state index contributed by atoms with van der Waals surface area (Å²) in [4.78, 5) is 37.8. The first-order chi connectivity index (χ1) is 17.4. The highest BCUT2D eigenvalue weighted by Crippen LogP contribution is 2.45. The molecule has 0 aromatic heterocycles. The number of amides is 1. The van der Waals surface area contributed by atoms with Crippen molar-refractivity contribution in [1.29, 1.82) is 0 Å². The molecule has 36 heavy (non-hydrogen) atoms. The Bertz CT molecular complexity index is 835. The van der Waals surface area contributed by atoms with Crippen LogP contribution in [0.1, 0.15) is 89.5 Å². The molecule has 2 aliphatic carbocycles. The number of unbranched alkanes of at least 4 members (excludes halogenated alkanes) is 1. The number of benzene rings is 1. The van der Waals surface area contributed by atoms with Crippen molar-refractivity contribution in [3.8, 4) is 0 Å². The molecule has 3 rings (SSSR count). The number of carboxylic acid groups (broad SMARTS) is 1. The molecule has 0 radical (unpaired) electrons. The number of esters is 1. The van der Waals surface area contributed by atoms with Crippen LogP contribution in [-0.4, -0.2) is 42.2 Å². The lowest BCUT2D eigenvalue weighted by atomic mass is 9.75. The average molecular weight is 502 g/mol. The van der Waals surface area contributed by atoms with Gasteiger partial charge >= 0.3 is 11.9 Å². The Hall–Kier alpha value is -2.41. The molecule has 0 heterocycles. The van der Waals surface area contributed by atoms with Crippen molar-refractivity contribution in [3.05, 3.63) is 35.9 Å². The minimum Gasteiger partial charge on any atom is -0.481 e. The van der Waals surface area contributed by atoms with E-state index in [1.54, 1.807) is 6.92 Å². The third kappa shape index (κ3) is 8.32. The average Bonchev–Trinajstić information content (AvgIpc) is 3.36. The van der Waals surface area contributed by atoms with E-state index in [1.165, 1.54) is 0 Å². The first-order valence-corrected chi connectivity index (χ1v) is 13.8. The summed E-state index contributed by atoms with van der Waals surface area (Å²) in [5.41, 5.74) is 0.505. The minimum absolute atomic E-state index is 0.0213. The third-order valence-corrected chi connectivity index (χ3v) is 7.86. The predicted octanol–water partition coefficient (Wildman–Crippen LogP) is 5.26. The summed E-state index contributed by atoms with van der Waals surface area (Å²) in [7, 11) is 0. The molecule has 3 atom stereocenters. The van der Waals surface area contributed by atoms with E-state index in [-0.39, 0.29) is 23.8 Å². The van der Waals surface area contributed by atoms with Gasteiger partial charge in [0.15, 0.2) is 0 Å². The summed E-state index contributed by atoms with van der Waals surface area (Å²) < 4.78 is 10.9. The summed E-state index contributed by atoms with van der Waals surface area (Å²) in [5, 5.41) is 13.1. The molecule has 1 unspecified atom stereocenters. The molecule has 7 nitrogen and oxygen atoms in total. The van der Waals surface area contributed by atoms with Gasteiger partial charge in [-0.05, 0) is 63.9 Å². The fraction of sp³-hybridized carbons (Fsp3) is 0.690. The number of aliphatic carboxylic acids is 1. The summed E-state index contributed by atoms with van der Waals surface area (Å²) in [6.45, 7) is 3.33. The summed E-state index contributed by atoms with van der Waals surface area (Å²) in [6.07, 6.45) is 8.98. The number of nitrogens with one attached hydrogen (secondary N) is 1. The zero-order valence-corrected chi connectivity index (χ0v) is 21.7. The fourth-order valence-corrected chi connectivity index (χ4v) is 5.85. The quantitative estimate of drug-likeness (QED) is 0.266. The minimum atomic E-state index is -0.820. The van der Waals surface area contributed by atoms with Gasteiger partial charge in [-0.25, -0.2) is 0 Å². The molecular formula is C29H43NO6. The second-order valence-electron chi connectivity index (χ2n) is 10.5. The van der Waals surface area contributed by atoms with Crippen molar-refractivity contribution in [2.24, 2.45) is 17.3 Å². The fourth-order valence-electron chi connectivity index (χ4n) is 5.85. The van der Waals surface area contributed by atoms with Crippen LogP contribution in [0.4, 0.5) is 0 Å². The van der Waals surface area contributed by atoms with Gasteiger partial charge in [0.1, 0.15) is 0 Å². The van der Waals surface area contributed by atoms with Crippen molar-refractivity contribution in [2.45, 2.75) is 96.6 Å². The van der Waals surface area contributed by atoms with E-state index in [1.807, 2.05) is 30.3 Å². The molecule has 2 aliphatic rings. The van der Waals surface area contributed by atoms with E-state index in [2.05, 4.69) is 5.32 Å². The lowest BCUT2D eigenvalue weighted by molar-refractivity contribution is -0.150. The van der Waals surface area contributed by atoms with Gasteiger partial charge in [-0.1, -0.05) is 56.0 Å². The third-order valence-electron chi connectivity index (χ3n) is 7.86. The van der Waals surface area contributed by atoms with E-state index in [4.69, 9.17) is 9.47 Å². The number of carbonyl (C=O) groups is 3. The van der Waals surface area contributed by atoms with Crippen LogP contribution in [0.3, 0.4) is 0 Å². The number of carbonyl (C=O) groups excluding carboxylic acids is 2. The molecule has 0 spiro atoms. The highest BCUT2D eigenvalue weighted by atomic mass is 16.5. The van der Waals surface area contributed by atoms with Crippen LogP contribution in [0, 0.1) is 17.3 Å². The van der Waals surface area contributed by atoms with Crippen LogP contribution in [0.5, 0.6) is 0 Å².